The highest BCUT2D eigenvalue weighted by molar-refractivity contribution is 6.11. The van der Waals surface area contributed by atoms with E-state index in [2.05, 4.69) is 4.90 Å². The zero-order valence-electron chi connectivity index (χ0n) is 20.8. The van der Waals surface area contributed by atoms with Crippen LogP contribution in [0.25, 0.3) is 23.1 Å². The number of allylic oxidation sites excluding steroid dienone is 2. The van der Waals surface area contributed by atoms with Crippen LogP contribution in [0.15, 0.2) is 60.8 Å². The predicted molar refractivity (Wildman–Crippen MR) is 141 cm³/mol. The van der Waals surface area contributed by atoms with E-state index in [0.717, 1.165) is 54.9 Å². The van der Waals surface area contributed by atoms with E-state index >= 15 is 0 Å². The molecule has 0 amide bonds. The van der Waals surface area contributed by atoms with Gasteiger partial charge >= 0.3 is 0 Å². The maximum Gasteiger partial charge on any atom is 0.163 e. The Morgan fingerprint density at radius 3 is 2.56 bits per heavy atom. The summed E-state index contributed by atoms with van der Waals surface area (Å²) in [5.74, 6) is 0.797. The predicted octanol–water partition coefficient (Wildman–Crippen LogP) is 4.15. The Balaban J connectivity index is 1.28. The lowest BCUT2D eigenvalue weighted by atomic mass is 10.1. The van der Waals surface area contributed by atoms with E-state index < -0.39 is 0 Å². The first-order valence-electron chi connectivity index (χ1n) is 12.1. The molecule has 0 aliphatic carbocycles. The number of ketones is 2. The minimum absolute atomic E-state index is 0.190. The summed E-state index contributed by atoms with van der Waals surface area (Å²) in [5.41, 5.74) is 2.74. The van der Waals surface area contributed by atoms with E-state index in [9.17, 15) is 9.59 Å². The first-order valence-corrected chi connectivity index (χ1v) is 12.1. The fraction of sp³-hybridized carbons (Fsp3) is 0.310. The number of methoxy groups -OCH3 is 1. The average molecular weight is 489 g/mol. The summed E-state index contributed by atoms with van der Waals surface area (Å²) in [6.45, 7) is 4.79. The highest BCUT2D eigenvalue weighted by atomic mass is 16.5. The Morgan fingerprint density at radius 2 is 1.78 bits per heavy atom. The van der Waals surface area contributed by atoms with Crippen LogP contribution in [0.3, 0.4) is 0 Å². The number of carbonyl (C=O) groups excluding carboxylic acids is 2. The molecule has 0 radical (unpaired) electrons. The molecule has 0 bridgehead atoms. The number of hydrogen-bond acceptors (Lipinski definition) is 6. The van der Waals surface area contributed by atoms with Gasteiger partial charge in [0.1, 0.15) is 18.1 Å². The molecule has 0 spiro atoms. The van der Waals surface area contributed by atoms with Gasteiger partial charge in [-0.1, -0.05) is 18.2 Å². The molecular formula is C29H32N2O5. The topological polar surface area (TPSA) is 70.0 Å². The summed E-state index contributed by atoms with van der Waals surface area (Å²) >= 11 is 0. The fourth-order valence-corrected chi connectivity index (χ4v) is 4.08. The SMILES string of the molecule is COc1cc(OCCN2CCOCC2)ccc1/C=C/C(=O)CC(=O)/C=C/c1ccc2ccn(C)c2c1. The van der Waals surface area contributed by atoms with Crippen LogP contribution in [0.4, 0.5) is 0 Å². The number of aryl methyl sites for hydroxylation is 1. The molecular weight excluding hydrogens is 456 g/mol. The summed E-state index contributed by atoms with van der Waals surface area (Å²) in [7, 11) is 3.56. The molecule has 2 aromatic carbocycles. The van der Waals surface area contributed by atoms with Gasteiger partial charge < -0.3 is 18.8 Å². The van der Waals surface area contributed by atoms with Crippen molar-refractivity contribution in [1.29, 1.82) is 0 Å². The number of fused-ring (bicyclic) bond motifs is 1. The van der Waals surface area contributed by atoms with Gasteiger partial charge in [0.2, 0.25) is 0 Å². The number of rotatable bonds is 11. The van der Waals surface area contributed by atoms with Gasteiger partial charge in [0, 0.05) is 50.0 Å². The van der Waals surface area contributed by atoms with Crippen LogP contribution < -0.4 is 9.47 Å². The Labute approximate surface area is 211 Å². The van der Waals surface area contributed by atoms with Crippen molar-refractivity contribution in [2.75, 3.05) is 46.6 Å². The van der Waals surface area contributed by atoms with Gasteiger partial charge in [0.15, 0.2) is 11.6 Å². The van der Waals surface area contributed by atoms with E-state index in [1.54, 1.807) is 25.3 Å². The minimum Gasteiger partial charge on any atom is -0.496 e. The van der Waals surface area contributed by atoms with E-state index in [4.69, 9.17) is 14.2 Å². The second-order valence-corrected chi connectivity index (χ2v) is 8.73. The smallest absolute Gasteiger partial charge is 0.163 e. The molecule has 1 aliphatic heterocycles. The van der Waals surface area contributed by atoms with Crippen LogP contribution in [0, 0.1) is 0 Å². The lowest BCUT2D eigenvalue weighted by molar-refractivity contribution is -0.121. The van der Waals surface area contributed by atoms with Crippen LogP contribution >= 0.6 is 0 Å². The Morgan fingerprint density at radius 1 is 1.00 bits per heavy atom. The van der Waals surface area contributed by atoms with Gasteiger partial charge in [0.25, 0.3) is 0 Å². The largest absolute Gasteiger partial charge is 0.496 e. The zero-order chi connectivity index (χ0) is 25.3. The molecule has 0 N–H and O–H groups in total. The number of hydrogen-bond donors (Lipinski definition) is 0. The van der Waals surface area contributed by atoms with Gasteiger partial charge in [0.05, 0.1) is 26.7 Å². The molecule has 0 atom stereocenters. The van der Waals surface area contributed by atoms with Crippen molar-refractivity contribution in [2.45, 2.75) is 6.42 Å². The Hall–Kier alpha value is -3.68. The lowest BCUT2D eigenvalue weighted by Gasteiger charge is -2.26. The highest BCUT2D eigenvalue weighted by Crippen LogP contribution is 2.26. The molecule has 4 rings (SSSR count). The molecule has 2 heterocycles. The van der Waals surface area contributed by atoms with Crippen molar-refractivity contribution in [3.63, 3.8) is 0 Å². The van der Waals surface area contributed by atoms with Crippen LogP contribution in [0.5, 0.6) is 11.5 Å². The summed E-state index contributed by atoms with van der Waals surface area (Å²) in [6.07, 6.45) is 8.09. The van der Waals surface area contributed by atoms with Gasteiger partial charge in [-0.05, 0) is 53.4 Å². The second kappa shape index (κ2) is 12.3. The first-order chi connectivity index (χ1) is 17.5. The number of aromatic nitrogens is 1. The van der Waals surface area contributed by atoms with E-state index in [-0.39, 0.29) is 18.0 Å². The number of nitrogens with zero attached hydrogens (tertiary/aromatic N) is 2. The standard InChI is InChI=1S/C29H32N2O5/c1-30-12-11-23-5-3-22(19-28(23)30)4-8-25(32)20-26(33)9-6-24-7-10-27(21-29(24)34-2)36-18-15-31-13-16-35-17-14-31/h3-12,19,21H,13-18,20H2,1-2H3/b8-4+,9-6+. The van der Waals surface area contributed by atoms with Crippen molar-refractivity contribution in [2.24, 2.45) is 7.05 Å². The maximum atomic E-state index is 12.4. The van der Waals surface area contributed by atoms with E-state index in [0.29, 0.717) is 18.1 Å². The van der Waals surface area contributed by atoms with E-state index in [1.165, 1.54) is 12.2 Å². The summed E-state index contributed by atoms with van der Waals surface area (Å²) in [5, 5.41) is 1.14. The van der Waals surface area contributed by atoms with E-state index in [1.807, 2.05) is 54.2 Å². The second-order valence-electron chi connectivity index (χ2n) is 8.73. The van der Waals surface area contributed by atoms with Crippen molar-refractivity contribution < 1.29 is 23.8 Å². The van der Waals surface area contributed by atoms with Crippen LogP contribution in [-0.2, 0) is 21.4 Å². The summed E-state index contributed by atoms with van der Waals surface area (Å²) < 4.78 is 18.7. The lowest BCUT2D eigenvalue weighted by Crippen LogP contribution is -2.38. The number of morpholine rings is 1. The number of benzene rings is 2. The van der Waals surface area contributed by atoms with Crippen molar-refractivity contribution in [3.8, 4) is 11.5 Å². The molecule has 1 fully saturated rings. The monoisotopic (exact) mass is 488 g/mol. The van der Waals surface area contributed by atoms with Crippen LogP contribution in [0.2, 0.25) is 0 Å². The first kappa shape index (κ1) is 25.4. The number of carbonyl (C=O) groups is 2. The molecule has 1 saturated heterocycles. The molecule has 0 unspecified atom stereocenters. The molecule has 1 aromatic heterocycles. The van der Waals surface area contributed by atoms with Crippen molar-refractivity contribution in [1.82, 2.24) is 9.47 Å². The molecule has 7 nitrogen and oxygen atoms in total. The quantitative estimate of drug-likeness (QED) is 0.298. The van der Waals surface area contributed by atoms with Gasteiger partial charge in [-0.25, -0.2) is 0 Å². The zero-order valence-corrected chi connectivity index (χ0v) is 20.8. The van der Waals surface area contributed by atoms with Gasteiger partial charge in [-0.15, -0.1) is 0 Å². The third kappa shape index (κ3) is 6.93. The fourth-order valence-electron chi connectivity index (χ4n) is 4.08. The molecule has 0 saturated carbocycles. The van der Waals surface area contributed by atoms with Crippen molar-refractivity contribution >= 4 is 34.6 Å². The molecule has 3 aromatic rings. The van der Waals surface area contributed by atoms with Crippen LogP contribution in [0.1, 0.15) is 17.5 Å². The van der Waals surface area contributed by atoms with Gasteiger partial charge in [-0.2, -0.15) is 0 Å². The van der Waals surface area contributed by atoms with Crippen LogP contribution in [-0.4, -0.2) is 67.6 Å². The third-order valence-electron chi connectivity index (χ3n) is 6.16. The molecule has 188 valence electrons. The molecule has 7 heteroatoms. The summed E-state index contributed by atoms with van der Waals surface area (Å²) in [6, 6.07) is 13.5. The minimum atomic E-state index is -0.268. The van der Waals surface area contributed by atoms with Crippen molar-refractivity contribution in [3.05, 3.63) is 71.9 Å². The maximum absolute atomic E-state index is 12.4. The molecule has 36 heavy (non-hydrogen) atoms. The third-order valence-corrected chi connectivity index (χ3v) is 6.16. The Bertz CT molecular complexity index is 1270. The Kier molecular flexibility index (Phi) is 8.71. The summed E-state index contributed by atoms with van der Waals surface area (Å²) in [4.78, 5) is 27.0. The molecule has 1 aliphatic rings. The number of ether oxygens (including phenoxy) is 3. The highest BCUT2D eigenvalue weighted by Gasteiger charge is 2.11. The average Bonchev–Trinajstić information content (AvgIpc) is 3.27. The van der Waals surface area contributed by atoms with Gasteiger partial charge in [-0.3, -0.25) is 14.5 Å². The normalized spacial score (nSPS) is 14.6.